The summed E-state index contributed by atoms with van der Waals surface area (Å²) in [5, 5.41) is 11.7. The van der Waals surface area contributed by atoms with Gasteiger partial charge in [0.25, 0.3) is 0 Å². The van der Waals surface area contributed by atoms with Crippen LogP contribution in [0, 0.1) is 11.7 Å². The number of benzene rings is 1. The van der Waals surface area contributed by atoms with E-state index in [2.05, 4.69) is 0 Å². The van der Waals surface area contributed by atoms with Crippen molar-refractivity contribution in [2.45, 2.75) is 50.7 Å². The number of amides is 1. The summed E-state index contributed by atoms with van der Waals surface area (Å²) in [5.74, 6) is 0.0951. The average molecular weight is 344 g/mol. The van der Waals surface area contributed by atoms with E-state index in [-0.39, 0.29) is 17.6 Å². The Hall–Kier alpha value is -1.88. The van der Waals surface area contributed by atoms with Crippen LogP contribution in [0.3, 0.4) is 0 Å². The third-order valence-electron chi connectivity index (χ3n) is 6.08. The van der Waals surface area contributed by atoms with Gasteiger partial charge in [-0.05, 0) is 48.9 Å². The average Bonchev–Trinajstić information content (AvgIpc) is 3.01. The maximum Gasteiger partial charge on any atom is 0.224 e. The number of rotatable bonds is 3. The summed E-state index contributed by atoms with van der Waals surface area (Å²) in [6, 6.07) is 6.68. The van der Waals surface area contributed by atoms with E-state index >= 15 is 0 Å². The fourth-order valence-electron chi connectivity index (χ4n) is 4.52. The predicted octanol–water partition coefficient (Wildman–Crippen LogP) is 3.32. The second kappa shape index (κ2) is 6.45. The number of fused-ring (bicyclic) bond motifs is 2. The van der Waals surface area contributed by atoms with Crippen LogP contribution in [0.2, 0.25) is 0 Å². The molecule has 1 N–H and O–H groups in total. The van der Waals surface area contributed by atoms with Crippen molar-refractivity contribution in [3.05, 3.63) is 36.3 Å². The van der Waals surface area contributed by atoms with Crippen molar-refractivity contribution in [2.24, 2.45) is 5.92 Å². The summed E-state index contributed by atoms with van der Waals surface area (Å²) < 4.78 is 15.4. The van der Waals surface area contributed by atoms with Crippen LogP contribution in [-0.4, -0.2) is 39.2 Å². The van der Waals surface area contributed by atoms with Crippen molar-refractivity contribution in [1.82, 2.24) is 9.47 Å². The van der Waals surface area contributed by atoms with Gasteiger partial charge in [0.2, 0.25) is 5.91 Å². The summed E-state index contributed by atoms with van der Waals surface area (Å²) in [6.45, 7) is 1.88. The summed E-state index contributed by atoms with van der Waals surface area (Å²) in [4.78, 5) is 14.5. The van der Waals surface area contributed by atoms with E-state index in [1.54, 1.807) is 6.07 Å². The number of nitrogens with zero attached hydrogens (tertiary/aromatic N) is 2. The first kappa shape index (κ1) is 16.6. The molecule has 4 nitrogen and oxygen atoms in total. The Morgan fingerprint density at radius 3 is 3.04 bits per heavy atom. The number of carbonyl (C=O) groups excluding carboxylic acids is 1. The zero-order valence-electron chi connectivity index (χ0n) is 14.5. The maximum absolute atomic E-state index is 13.5. The largest absolute Gasteiger partial charge is 0.389 e. The topological polar surface area (TPSA) is 45.5 Å². The van der Waals surface area contributed by atoms with E-state index in [4.69, 9.17) is 0 Å². The zero-order valence-corrected chi connectivity index (χ0v) is 14.5. The van der Waals surface area contributed by atoms with Gasteiger partial charge >= 0.3 is 0 Å². The van der Waals surface area contributed by atoms with Crippen molar-refractivity contribution in [3.8, 4) is 0 Å². The Morgan fingerprint density at radius 2 is 2.16 bits per heavy atom. The van der Waals surface area contributed by atoms with Crippen LogP contribution in [0.1, 0.15) is 38.5 Å². The molecule has 1 amide bonds. The van der Waals surface area contributed by atoms with Gasteiger partial charge in [-0.15, -0.1) is 0 Å². The lowest BCUT2D eigenvalue weighted by atomic mass is 9.71. The minimum absolute atomic E-state index is 0.130. The van der Waals surface area contributed by atoms with Crippen LogP contribution < -0.4 is 0 Å². The van der Waals surface area contributed by atoms with Gasteiger partial charge in [-0.25, -0.2) is 4.39 Å². The zero-order chi connectivity index (χ0) is 17.4. The van der Waals surface area contributed by atoms with Crippen molar-refractivity contribution >= 4 is 16.8 Å². The van der Waals surface area contributed by atoms with Crippen LogP contribution in [0.15, 0.2) is 30.5 Å². The quantitative estimate of drug-likeness (QED) is 0.928. The van der Waals surface area contributed by atoms with E-state index in [9.17, 15) is 14.3 Å². The molecule has 2 fully saturated rings. The van der Waals surface area contributed by atoms with E-state index in [1.807, 2.05) is 21.7 Å². The van der Waals surface area contributed by atoms with Crippen molar-refractivity contribution in [1.29, 1.82) is 0 Å². The van der Waals surface area contributed by atoms with E-state index in [0.29, 0.717) is 32.5 Å². The highest BCUT2D eigenvalue weighted by atomic mass is 19.1. The fourth-order valence-corrected chi connectivity index (χ4v) is 4.52. The smallest absolute Gasteiger partial charge is 0.224 e. The van der Waals surface area contributed by atoms with Gasteiger partial charge in [-0.3, -0.25) is 4.79 Å². The Balaban J connectivity index is 1.40. The highest BCUT2D eigenvalue weighted by Crippen LogP contribution is 2.39. The monoisotopic (exact) mass is 344 g/mol. The Kier molecular flexibility index (Phi) is 4.28. The van der Waals surface area contributed by atoms with Crippen LogP contribution in [0.4, 0.5) is 4.39 Å². The lowest BCUT2D eigenvalue weighted by Gasteiger charge is -2.47. The first-order valence-corrected chi connectivity index (χ1v) is 9.30. The summed E-state index contributed by atoms with van der Waals surface area (Å²) in [7, 11) is 0. The summed E-state index contributed by atoms with van der Waals surface area (Å²) in [6.07, 6.45) is 7.15. The van der Waals surface area contributed by atoms with Crippen LogP contribution >= 0.6 is 0 Å². The number of hydrogen-bond donors (Lipinski definition) is 1. The van der Waals surface area contributed by atoms with Crippen LogP contribution in [0.5, 0.6) is 0 Å². The molecule has 0 unspecified atom stereocenters. The molecule has 2 aliphatic rings. The van der Waals surface area contributed by atoms with Gasteiger partial charge in [0.1, 0.15) is 5.82 Å². The Labute approximate surface area is 147 Å². The third-order valence-corrected chi connectivity index (χ3v) is 6.08. The molecule has 1 aromatic heterocycles. The number of likely N-dealkylation sites (tertiary alicyclic amines) is 1. The van der Waals surface area contributed by atoms with Crippen LogP contribution in [-0.2, 0) is 11.3 Å². The van der Waals surface area contributed by atoms with Gasteiger partial charge in [0.05, 0.1) is 11.1 Å². The van der Waals surface area contributed by atoms with Crippen molar-refractivity contribution in [3.63, 3.8) is 0 Å². The molecule has 5 heteroatoms. The first-order chi connectivity index (χ1) is 12.0. The molecule has 134 valence electrons. The predicted molar refractivity (Wildman–Crippen MR) is 94.6 cm³/mol. The molecule has 1 aromatic carbocycles. The van der Waals surface area contributed by atoms with Gasteiger partial charge in [-0.2, -0.15) is 0 Å². The standard InChI is InChI=1S/C20H25FN2O2/c21-17-5-4-15-6-10-22(18(15)13-17)11-7-19(24)23-12-9-20(25)8-2-1-3-16(20)14-23/h4-6,10,13,16,25H,1-3,7-9,11-12,14H2/t16-,20-/m0/s1. The van der Waals surface area contributed by atoms with Crippen molar-refractivity contribution in [2.75, 3.05) is 13.1 Å². The molecular formula is C20H25FN2O2. The number of aliphatic hydroxyl groups is 1. The molecule has 1 saturated heterocycles. The maximum atomic E-state index is 13.5. The minimum Gasteiger partial charge on any atom is -0.389 e. The second-order valence-electron chi connectivity index (χ2n) is 7.60. The number of aryl methyl sites for hydroxylation is 1. The second-order valence-corrected chi connectivity index (χ2v) is 7.60. The third kappa shape index (κ3) is 3.17. The minimum atomic E-state index is -0.552. The fraction of sp³-hybridized carbons (Fsp3) is 0.550. The van der Waals surface area contributed by atoms with Gasteiger partial charge < -0.3 is 14.6 Å². The molecule has 1 aliphatic carbocycles. The van der Waals surface area contributed by atoms with Crippen molar-refractivity contribution < 1.29 is 14.3 Å². The lowest BCUT2D eigenvalue weighted by molar-refractivity contribution is -0.143. The molecule has 0 bridgehead atoms. The molecule has 2 heterocycles. The number of carbonyl (C=O) groups is 1. The Morgan fingerprint density at radius 1 is 1.28 bits per heavy atom. The number of hydrogen-bond acceptors (Lipinski definition) is 2. The number of aromatic nitrogens is 1. The highest BCUT2D eigenvalue weighted by molar-refractivity contribution is 5.81. The number of halogens is 1. The molecular weight excluding hydrogens is 319 g/mol. The molecule has 2 atom stereocenters. The summed E-state index contributed by atoms with van der Waals surface area (Å²) >= 11 is 0. The van der Waals surface area contributed by atoms with E-state index in [1.165, 1.54) is 12.1 Å². The molecule has 1 aliphatic heterocycles. The van der Waals surface area contributed by atoms with Gasteiger partial charge in [-0.1, -0.05) is 12.8 Å². The molecule has 2 aromatic rings. The first-order valence-electron chi connectivity index (χ1n) is 9.30. The van der Waals surface area contributed by atoms with E-state index in [0.717, 1.165) is 36.6 Å². The summed E-state index contributed by atoms with van der Waals surface area (Å²) in [5.41, 5.74) is 0.275. The molecule has 1 saturated carbocycles. The van der Waals surface area contributed by atoms with Gasteiger partial charge in [0, 0.05) is 38.2 Å². The van der Waals surface area contributed by atoms with E-state index < -0.39 is 5.60 Å². The molecule has 0 radical (unpaired) electrons. The SMILES string of the molecule is O=C(CCn1ccc2ccc(F)cc21)N1CC[C@@]2(O)CCCC[C@H]2C1. The van der Waals surface area contributed by atoms with Gasteiger partial charge in [0.15, 0.2) is 0 Å². The molecule has 25 heavy (non-hydrogen) atoms. The van der Waals surface area contributed by atoms with Crippen LogP contribution in [0.25, 0.3) is 10.9 Å². The molecule has 0 spiro atoms. The highest BCUT2D eigenvalue weighted by Gasteiger charge is 2.43. The molecule has 4 rings (SSSR count). The lowest BCUT2D eigenvalue weighted by Crippen LogP contribution is -2.54. The Bertz CT molecular complexity index is 787. The number of piperidine rings is 1. The normalized spacial score (nSPS) is 26.6.